The van der Waals surface area contributed by atoms with Gasteiger partial charge in [-0.1, -0.05) is 6.07 Å². The molecule has 2 rings (SSSR count). The second kappa shape index (κ2) is 7.47. The fraction of sp³-hybridized carbons (Fsp3) is 0.0588. The predicted octanol–water partition coefficient (Wildman–Crippen LogP) is 3.80. The molecule has 5 nitrogen and oxygen atoms in total. The highest BCUT2D eigenvalue weighted by Crippen LogP contribution is 2.23. The lowest BCUT2D eigenvalue weighted by Gasteiger charge is -2.07. The monoisotopic (exact) mass is 370 g/mol. The number of nitrogen functional groups attached to an aromatic ring is 1. The number of anilines is 3. The summed E-state index contributed by atoms with van der Waals surface area (Å²) in [6.07, 6.45) is 1.38. The molecule has 1 amide bonds. The average molecular weight is 371 g/mol. The average Bonchev–Trinajstić information content (AvgIpc) is 2.52. The number of halogens is 1. The first-order chi connectivity index (χ1) is 11.0. The minimum atomic E-state index is -0.493. The number of carbonyl (C=O) groups is 1. The molecular formula is C17H15BrN4O. The van der Waals surface area contributed by atoms with Crippen molar-refractivity contribution in [2.75, 3.05) is 16.4 Å². The van der Waals surface area contributed by atoms with Gasteiger partial charge >= 0.3 is 0 Å². The van der Waals surface area contributed by atoms with Crippen molar-refractivity contribution in [1.82, 2.24) is 0 Å². The number of rotatable bonds is 4. The third-order valence-electron chi connectivity index (χ3n) is 3.03. The third kappa shape index (κ3) is 4.59. The van der Waals surface area contributed by atoms with Crippen LogP contribution in [-0.2, 0) is 4.79 Å². The molecule has 0 fully saturated rings. The van der Waals surface area contributed by atoms with Gasteiger partial charge in [-0.25, -0.2) is 0 Å². The van der Waals surface area contributed by atoms with Gasteiger partial charge in [0.1, 0.15) is 11.6 Å². The quantitative estimate of drug-likeness (QED) is 0.433. The summed E-state index contributed by atoms with van der Waals surface area (Å²) in [5.74, 6) is -0.493. The predicted molar refractivity (Wildman–Crippen MR) is 95.7 cm³/mol. The van der Waals surface area contributed by atoms with Gasteiger partial charge < -0.3 is 16.4 Å². The summed E-state index contributed by atoms with van der Waals surface area (Å²) in [5.41, 5.74) is 8.60. The van der Waals surface area contributed by atoms with Crippen LogP contribution < -0.4 is 16.4 Å². The van der Waals surface area contributed by atoms with E-state index in [1.807, 2.05) is 31.2 Å². The molecule has 0 aromatic heterocycles. The van der Waals surface area contributed by atoms with Crippen molar-refractivity contribution in [3.63, 3.8) is 0 Å². The molecule has 6 heteroatoms. The molecule has 0 heterocycles. The van der Waals surface area contributed by atoms with Gasteiger partial charge in [-0.05, 0) is 64.8 Å². The first-order valence-electron chi connectivity index (χ1n) is 6.79. The Bertz CT molecular complexity index is 791. The Kier molecular flexibility index (Phi) is 5.39. The molecular weight excluding hydrogens is 356 g/mol. The molecule has 0 saturated carbocycles. The van der Waals surface area contributed by atoms with Crippen molar-refractivity contribution in [3.8, 4) is 6.07 Å². The van der Waals surface area contributed by atoms with Gasteiger partial charge in [0.05, 0.1) is 5.69 Å². The van der Waals surface area contributed by atoms with Crippen LogP contribution in [0.25, 0.3) is 0 Å². The standard InChI is InChI=1S/C17H15BrN4O/c1-11-2-7-16(15(18)8-11)21-10-12(9-19)17(23)22-14-5-3-13(20)4-6-14/h2-8,10,21H,20H2,1H3,(H,22,23)/b12-10-. The summed E-state index contributed by atoms with van der Waals surface area (Å²) in [4.78, 5) is 12.1. The molecule has 0 aliphatic carbocycles. The highest BCUT2D eigenvalue weighted by Gasteiger charge is 2.09. The summed E-state index contributed by atoms with van der Waals surface area (Å²) >= 11 is 3.43. The maximum Gasteiger partial charge on any atom is 0.267 e. The molecule has 0 bridgehead atoms. The van der Waals surface area contributed by atoms with Crippen LogP contribution in [0.5, 0.6) is 0 Å². The highest BCUT2D eigenvalue weighted by molar-refractivity contribution is 9.10. The smallest absolute Gasteiger partial charge is 0.267 e. The lowest BCUT2D eigenvalue weighted by atomic mass is 10.2. The largest absolute Gasteiger partial charge is 0.399 e. The van der Waals surface area contributed by atoms with E-state index in [0.29, 0.717) is 11.4 Å². The number of nitrogens with one attached hydrogen (secondary N) is 2. The Hall–Kier alpha value is -2.78. The molecule has 0 atom stereocenters. The lowest BCUT2D eigenvalue weighted by Crippen LogP contribution is -2.14. The van der Waals surface area contributed by atoms with Crippen LogP contribution in [0, 0.1) is 18.3 Å². The Morgan fingerprint density at radius 3 is 2.57 bits per heavy atom. The van der Waals surface area contributed by atoms with Gasteiger partial charge in [-0.3, -0.25) is 4.79 Å². The lowest BCUT2D eigenvalue weighted by molar-refractivity contribution is -0.112. The topological polar surface area (TPSA) is 90.9 Å². The van der Waals surface area contributed by atoms with E-state index in [1.54, 1.807) is 24.3 Å². The Labute approximate surface area is 142 Å². The number of nitrogens with zero attached hydrogens (tertiary/aromatic N) is 1. The summed E-state index contributed by atoms with van der Waals surface area (Å²) in [6.45, 7) is 1.98. The number of aryl methyl sites for hydroxylation is 1. The summed E-state index contributed by atoms with van der Waals surface area (Å²) in [7, 11) is 0. The molecule has 2 aromatic rings. The van der Waals surface area contributed by atoms with E-state index >= 15 is 0 Å². The fourth-order valence-electron chi connectivity index (χ4n) is 1.80. The fourth-order valence-corrected chi connectivity index (χ4v) is 2.41. The van der Waals surface area contributed by atoms with Crippen molar-refractivity contribution in [1.29, 1.82) is 5.26 Å². The molecule has 0 unspecified atom stereocenters. The van der Waals surface area contributed by atoms with E-state index in [0.717, 1.165) is 15.7 Å². The minimum Gasteiger partial charge on any atom is -0.399 e. The zero-order chi connectivity index (χ0) is 16.8. The number of hydrogen-bond donors (Lipinski definition) is 3. The zero-order valence-corrected chi connectivity index (χ0v) is 14.0. The molecule has 0 spiro atoms. The number of benzene rings is 2. The van der Waals surface area contributed by atoms with Crippen molar-refractivity contribution in [2.24, 2.45) is 0 Å². The number of amides is 1. The van der Waals surface area contributed by atoms with Crippen LogP contribution in [0.3, 0.4) is 0 Å². The molecule has 0 aliphatic rings. The number of nitriles is 1. The Morgan fingerprint density at radius 2 is 1.96 bits per heavy atom. The van der Waals surface area contributed by atoms with Crippen LogP contribution in [-0.4, -0.2) is 5.91 Å². The SMILES string of the molecule is Cc1ccc(N/C=C(/C#N)C(=O)Nc2ccc(N)cc2)c(Br)c1. The van der Waals surface area contributed by atoms with Crippen molar-refractivity contribution >= 4 is 38.9 Å². The van der Waals surface area contributed by atoms with Crippen molar-refractivity contribution in [2.45, 2.75) is 6.92 Å². The van der Waals surface area contributed by atoms with E-state index in [-0.39, 0.29) is 5.57 Å². The summed E-state index contributed by atoms with van der Waals surface area (Å²) < 4.78 is 0.852. The third-order valence-corrected chi connectivity index (χ3v) is 3.69. The Morgan fingerprint density at radius 1 is 1.26 bits per heavy atom. The van der Waals surface area contributed by atoms with Crippen molar-refractivity contribution < 1.29 is 4.79 Å². The van der Waals surface area contributed by atoms with E-state index in [4.69, 9.17) is 11.0 Å². The second-order valence-corrected chi connectivity index (χ2v) is 5.73. The van der Waals surface area contributed by atoms with E-state index in [2.05, 4.69) is 26.6 Å². The maximum absolute atomic E-state index is 12.1. The van der Waals surface area contributed by atoms with Crippen LogP contribution >= 0.6 is 15.9 Å². The van der Waals surface area contributed by atoms with Crippen LogP contribution in [0.1, 0.15) is 5.56 Å². The molecule has 0 aliphatic heterocycles. The number of carbonyl (C=O) groups excluding carboxylic acids is 1. The van der Waals surface area contributed by atoms with Crippen LogP contribution in [0.2, 0.25) is 0 Å². The molecule has 116 valence electrons. The highest BCUT2D eigenvalue weighted by atomic mass is 79.9. The molecule has 0 saturated heterocycles. The molecule has 23 heavy (non-hydrogen) atoms. The summed E-state index contributed by atoms with van der Waals surface area (Å²) in [5, 5.41) is 14.8. The maximum atomic E-state index is 12.1. The first-order valence-corrected chi connectivity index (χ1v) is 7.59. The van der Waals surface area contributed by atoms with Gasteiger partial charge in [-0.15, -0.1) is 0 Å². The van der Waals surface area contributed by atoms with E-state index in [1.165, 1.54) is 6.20 Å². The van der Waals surface area contributed by atoms with E-state index in [9.17, 15) is 4.79 Å². The normalized spacial score (nSPS) is 10.7. The summed E-state index contributed by atoms with van der Waals surface area (Å²) in [6, 6.07) is 14.3. The van der Waals surface area contributed by atoms with Gasteiger partial charge in [0.15, 0.2) is 0 Å². The van der Waals surface area contributed by atoms with Gasteiger partial charge in [0.2, 0.25) is 0 Å². The van der Waals surface area contributed by atoms with Crippen molar-refractivity contribution in [3.05, 3.63) is 64.3 Å². The Balaban J connectivity index is 2.10. The first kappa shape index (κ1) is 16.6. The molecule has 2 aromatic carbocycles. The molecule has 0 radical (unpaired) electrons. The van der Waals surface area contributed by atoms with Crippen LogP contribution in [0.4, 0.5) is 17.1 Å². The minimum absolute atomic E-state index is 0.0331. The molecule has 4 N–H and O–H groups in total. The van der Waals surface area contributed by atoms with Gasteiger partial charge in [-0.2, -0.15) is 5.26 Å². The zero-order valence-electron chi connectivity index (χ0n) is 12.4. The van der Waals surface area contributed by atoms with Crippen LogP contribution in [0.15, 0.2) is 58.7 Å². The van der Waals surface area contributed by atoms with Gasteiger partial charge in [0.25, 0.3) is 5.91 Å². The second-order valence-electron chi connectivity index (χ2n) is 4.87. The number of nitrogens with two attached hydrogens (primary N) is 1. The number of hydrogen-bond acceptors (Lipinski definition) is 4. The van der Waals surface area contributed by atoms with E-state index < -0.39 is 5.91 Å². The van der Waals surface area contributed by atoms with Gasteiger partial charge in [0, 0.05) is 22.0 Å².